The van der Waals surface area contributed by atoms with Crippen molar-refractivity contribution in [2.24, 2.45) is 0 Å². The highest BCUT2D eigenvalue weighted by Crippen LogP contribution is 2.28. The first-order chi connectivity index (χ1) is 6.51. The van der Waals surface area contributed by atoms with Gasteiger partial charge in [0.2, 0.25) is 0 Å². The molecule has 0 saturated carbocycles. The van der Waals surface area contributed by atoms with Crippen LogP contribution in [0.2, 0.25) is 0 Å². The summed E-state index contributed by atoms with van der Waals surface area (Å²) < 4.78 is 15.5. The fourth-order valence-corrected chi connectivity index (χ4v) is 2.79. The quantitative estimate of drug-likeness (QED) is 0.446. The van der Waals surface area contributed by atoms with E-state index in [1.54, 1.807) is 0 Å². The van der Waals surface area contributed by atoms with Gasteiger partial charge >= 0.3 is 8.25 Å². The van der Waals surface area contributed by atoms with Crippen molar-refractivity contribution >= 4 is 72.0 Å². The average Bonchev–Trinajstić information content (AvgIpc) is 2.14. The van der Waals surface area contributed by atoms with Gasteiger partial charge in [-0.25, -0.2) is 0 Å². The third-order valence-corrected chi connectivity index (χ3v) is 6.71. The van der Waals surface area contributed by atoms with Crippen LogP contribution in [0.25, 0.3) is 0 Å². The van der Waals surface area contributed by atoms with Crippen LogP contribution in [0.4, 0.5) is 0 Å². The molecule has 0 fully saturated rings. The highest BCUT2D eigenvalue weighted by molar-refractivity contribution is 9.12. The van der Waals surface area contributed by atoms with E-state index in [4.69, 9.17) is 9.42 Å². The molecule has 4 atom stereocenters. The molecule has 0 aliphatic heterocycles. The minimum Gasteiger partial charge on any atom is -0.133 e. The number of hydrogen-bond donors (Lipinski definition) is 1. The van der Waals surface area contributed by atoms with Gasteiger partial charge in [-0.05, 0) is 6.42 Å². The Kier molecular flexibility index (Phi) is 10.3. The van der Waals surface area contributed by atoms with Crippen LogP contribution in [-0.2, 0) is 9.09 Å². The summed E-state index contributed by atoms with van der Waals surface area (Å²) in [6.45, 7) is 0. The standard InChI is InChI=1S/C6H9Br4O3P/c7-2-4(9)1-6(5(10)3-8)13-14(11)12/h4-6H,1-3H2/p+1. The third-order valence-electron chi connectivity index (χ3n) is 1.43. The largest absolute Gasteiger partial charge is 0.695 e. The van der Waals surface area contributed by atoms with Crippen molar-refractivity contribution in [1.29, 1.82) is 0 Å². The molecule has 0 bridgehead atoms. The summed E-state index contributed by atoms with van der Waals surface area (Å²) in [7, 11) is -2.55. The summed E-state index contributed by atoms with van der Waals surface area (Å²) in [4.78, 5) is 8.92. The molecule has 0 rings (SSSR count). The van der Waals surface area contributed by atoms with E-state index < -0.39 is 8.25 Å². The monoisotopic (exact) mass is 477 g/mol. The summed E-state index contributed by atoms with van der Waals surface area (Å²) in [6, 6.07) is 0. The molecule has 0 aromatic carbocycles. The fourth-order valence-electron chi connectivity index (χ4n) is 0.787. The van der Waals surface area contributed by atoms with E-state index in [9.17, 15) is 4.57 Å². The second-order valence-corrected chi connectivity index (χ2v) is 6.99. The lowest BCUT2D eigenvalue weighted by Crippen LogP contribution is -2.27. The first kappa shape index (κ1) is 15.9. The van der Waals surface area contributed by atoms with Crippen LogP contribution < -0.4 is 0 Å². The molecule has 0 amide bonds. The van der Waals surface area contributed by atoms with Crippen molar-refractivity contribution < 1.29 is 14.0 Å². The molecule has 0 aliphatic rings. The second-order valence-electron chi connectivity index (χ2n) is 2.54. The molecule has 84 valence electrons. The first-order valence-corrected chi connectivity index (χ1v) is 8.94. The van der Waals surface area contributed by atoms with Gasteiger partial charge in [0.25, 0.3) is 0 Å². The average molecular weight is 481 g/mol. The minimum absolute atomic E-state index is 0.0210. The highest BCUT2D eigenvalue weighted by Gasteiger charge is 2.30. The van der Waals surface area contributed by atoms with Gasteiger partial charge in [0, 0.05) is 20.1 Å². The number of rotatable bonds is 7. The Hall–Kier alpha value is 1.94. The van der Waals surface area contributed by atoms with E-state index >= 15 is 0 Å². The molecule has 0 heterocycles. The molecule has 14 heavy (non-hydrogen) atoms. The molecule has 0 spiro atoms. The molecular formula is C6H10Br4O3P+. The maximum Gasteiger partial charge on any atom is 0.695 e. The van der Waals surface area contributed by atoms with Crippen molar-refractivity contribution in [3.63, 3.8) is 0 Å². The summed E-state index contributed by atoms with van der Waals surface area (Å²) >= 11 is 13.4. The lowest BCUT2D eigenvalue weighted by Gasteiger charge is -2.16. The maximum absolute atomic E-state index is 10.6. The Labute approximate surface area is 118 Å². The summed E-state index contributed by atoms with van der Waals surface area (Å²) in [6.07, 6.45) is 0.374. The van der Waals surface area contributed by atoms with Crippen molar-refractivity contribution in [3.05, 3.63) is 0 Å². The topological polar surface area (TPSA) is 46.5 Å². The predicted octanol–water partition coefficient (Wildman–Crippen LogP) is 3.73. The molecule has 0 aliphatic carbocycles. The molecule has 0 radical (unpaired) electrons. The minimum atomic E-state index is -2.55. The van der Waals surface area contributed by atoms with Gasteiger partial charge in [-0.1, -0.05) is 63.7 Å². The van der Waals surface area contributed by atoms with Crippen molar-refractivity contribution in [2.75, 3.05) is 10.7 Å². The molecule has 3 nitrogen and oxygen atoms in total. The summed E-state index contributed by atoms with van der Waals surface area (Å²) in [5.74, 6) is 0. The second kappa shape index (κ2) is 9.02. The number of halogens is 4. The van der Waals surface area contributed by atoms with Crippen LogP contribution in [0.5, 0.6) is 0 Å². The molecule has 0 aromatic rings. The highest BCUT2D eigenvalue weighted by atomic mass is 79.9. The van der Waals surface area contributed by atoms with Gasteiger partial charge in [0.05, 0.1) is 4.83 Å². The lowest BCUT2D eigenvalue weighted by molar-refractivity contribution is 0.184. The zero-order chi connectivity index (χ0) is 11.1. The predicted molar refractivity (Wildman–Crippen MR) is 72.3 cm³/mol. The van der Waals surface area contributed by atoms with Crippen LogP contribution >= 0.6 is 72.0 Å². The van der Waals surface area contributed by atoms with E-state index in [0.717, 1.165) is 5.33 Å². The van der Waals surface area contributed by atoms with E-state index in [2.05, 4.69) is 63.7 Å². The Bertz CT molecular complexity index is 182. The van der Waals surface area contributed by atoms with Crippen LogP contribution in [0.15, 0.2) is 0 Å². The first-order valence-electron chi connectivity index (χ1n) is 3.74. The molecule has 1 N–H and O–H groups in total. The lowest BCUT2D eigenvalue weighted by atomic mass is 10.2. The van der Waals surface area contributed by atoms with Crippen LogP contribution in [-0.4, -0.2) is 31.3 Å². The zero-order valence-electron chi connectivity index (χ0n) is 7.08. The van der Waals surface area contributed by atoms with Gasteiger partial charge in [-0.3, -0.25) is 0 Å². The molecule has 0 saturated heterocycles. The Morgan fingerprint density at radius 3 is 2.21 bits per heavy atom. The van der Waals surface area contributed by atoms with E-state index in [1.165, 1.54) is 0 Å². The molecule has 8 heteroatoms. The van der Waals surface area contributed by atoms with E-state index in [1.807, 2.05) is 0 Å². The smallest absolute Gasteiger partial charge is 0.133 e. The molecule has 4 unspecified atom stereocenters. The molecular weight excluding hydrogens is 471 g/mol. The van der Waals surface area contributed by atoms with Gasteiger partial charge < -0.3 is 0 Å². The van der Waals surface area contributed by atoms with Crippen LogP contribution in [0.3, 0.4) is 0 Å². The number of alkyl halides is 4. The van der Waals surface area contributed by atoms with Crippen molar-refractivity contribution in [2.45, 2.75) is 22.2 Å². The van der Waals surface area contributed by atoms with Gasteiger partial charge in [0.15, 0.2) is 0 Å². The molecule has 0 aromatic heterocycles. The summed E-state index contributed by atoms with van der Waals surface area (Å²) in [5.41, 5.74) is 0. The van der Waals surface area contributed by atoms with Crippen molar-refractivity contribution in [1.82, 2.24) is 0 Å². The van der Waals surface area contributed by atoms with E-state index in [0.29, 0.717) is 11.8 Å². The van der Waals surface area contributed by atoms with Crippen LogP contribution in [0, 0.1) is 0 Å². The SMILES string of the molecule is O=[P+](O)OC(CC(Br)CBr)C(Br)CBr. The van der Waals surface area contributed by atoms with E-state index in [-0.39, 0.29) is 15.8 Å². The fraction of sp³-hybridized carbons (Fsp3) is 1.00. The van der Waals surface area contributed by atoms with Gasteiger partial charge in [-0.2, -0.15) is 0 Å². The zero-order valence-corrected chi connectivity index (χ0v) is 14.3. The Morgan fingerprint density at radius 1 is 1.29 bits per heavy atom. The summed E-state index contributed by atoms with van der Waals surface area (Å²) in [5, 5.41) is 1.44. The van der Waals surface area contributed by atoms with Crippen molar-refractivity contribution in [3.8, 4) is 0 Å². The Balaban J connectivity index is 4.16. The maximum atomic E-state index is 10.6. The normalized spacial score (nSPS) is 18.8. The Morgan fingerprint density at radius 2 is 1.86 bits per heavy atom. The van der Waals surface area contributed by atoms with Gasteiger partial charge in [-0.15, -0.1) is 9.42 Å². The number of hydrogen-bond acceptors (Lipinski definition) is 2. The van der Waals surface area contributed by atoms with Gasteiger partial charge in [0.1, 0.15) is 6.10 Å². The van der Waals surface area contributed by atoms with Crippen LogP contribution in [0.1, 0.15) is 6.42 Å². The third kappa shape index (κ3) is 7.25.